The fraction of sp³-hybridized carbons (Fsp3) is 0.778. The molecule has 0 bridgehead atoms. The molecule has 0 saturated carbocycles. The second-order valence-electron chi connectivity index (χ2n) is 5.96. The molecule has 1 amide bonds. The van der Waals surface area contributed by atoms with Crippen LogP contribution in [0.25, 0.3) is 0 Å². The molecule has 1 aliphatic rings. The number of likely N-dealkylation sites (tertiary alicyclic amines) is 1. The monoisotopic (exact) mass is 309 g/mol. The highest BCUT2D eigenvalue weighted by molar-refractivity contribution is 5.87. The third kappa shape index (κ3) is 7.10. The highest BCUT2D eigenvalue weighted by Crippen LogP contribution is 2.19. The highest BCUT2D eigenvalue weighted by Gasteiger charge is 2.27. The van der Waals surface area contributed by atoms with E-state index in [1.54, 1.807) is 6.08 Å². The number of nitrogens with zero attached hydrogens (tertiary/aromatic N) is 1. The lowest BCUT2D eigenvalue weighted by Gasteiger charge is -2.30. The van der Waals surface area contributed by atoms with Crippen molar-refractivity contribution in [1.29, 1.82) is 0 Å². The van der Waals surface area contributed by atoms with Crippen LogP contribution in [0, 0.1) is 5.92 Å². The van der Waals surface area contributed by atoms with Crippen molar-refractivity contribution in [1.82, 2.24) is 4.90 Å². The second-order valence-corrected chi connectivity index (χ2v) is 5.96. The standard InChI is InChI=1S/C18H31NO3/c1-3-5-6-7-8-9-10-11-17(20)19-14-12-16(13-15-19)18(21)22-4-2/h10-11,16H,3-9,12-15H2,1-2H3. The number of esters is 1. The number of ether oxygens (including phenoxy) is 1. The van der Waals surface area contributed by atoms with Gasteiger partial charge in [0.05, 0.1) is 12.5 Å². The van der Waals surface area contributed by atoms with Crippen molar-refractivity contribution in [3.05, 3.63) is 12.2 Å². The third-order valence-corrected chi connectivity index (χ3v) is 4.16. The van der Waals surface area contributed by atoms with Gasteiger partial charge in [0.1, 0.15) is 0 Å². The van der Waals surface area contributed by atoms with Gasteiger partial charge in [-0.15, -0.1) is 0 Å². The maximum atomic E-state index is 12.1. The van der Waals surface area contributed by atoms with Crippen LogP contribution in [0.2, 0.25) is 0 Å². The summed E-state index contributed by atoms with van der Waals surface area (Å²) in [5, 5.41) is 0. The quantitative estimate of drug-likeness (QED) is 0.370. The van der Waals surface area contributed by atoms with Gasteiger partial charge in [-0.05, 0) is 38.7 Å². The third-order valence-electron chi connectivity index (χ3n) is 4.16. The van der Waals surface area contributed by atoms with Crippen molar-refractivity contribution < 1.29 is 14.3 Å². The SMILES string of the molecule is CCCCCCCC=CC(=O)N1CCC(C(=O)OCC)CC1. The molecule has 1 aliphatic heterocycles. The van der Waals surface area contributed by atoms with Gasteiger partial charge in [0.25, 0.3) is 0 Å². The molecule has 0 radical (unpaired) electrons. The number of carbonyl (C=O) groups is 2. The number of carbonyl (C=O) groups excluding carboxylic acids is 2. The van der Waals surface area contributed by atoms with E-state index >= 15 is 0 Å². The zero-order chi connectivity index (χ0) is 16.2. The van der Waals surface area contributed by atoms with Gasteiger partial charge < -0.3 is 9.64 Å². The van der Waals surface area contributed by atoms with Gasteiger partial charge in [-0.1, -0.05) is 38.7 Å². The van der Waals surface area contributed by atoms with E-state index in [2.05, 4.69) is 6.92 Å². The first-order chi connectivity index (χ1) is 10.7. The lowest BCUT2D eigenvalue weighted by atomic mass is 9.97. The van der Waals surface area contributed by atoms with Crippen LogP contribution >= 0.6 is 0 Å². The minimum absolute atomic E-state index is 0.0356. The van der Waals surface area contributed by atoms with Gasteiger partial charge in [-0.3, -0.25) is 9.59 Å². The summed E-state index contributed by atoms with van der Waals surface area (Å²) in [6, 6.07) is 0. The van der Waals surface area contributed by atoms with Gasteiger partial charge in [0.15, 0.2) is 0 Å². The Morgan fingerprint density at radius 3 is 2.41 bits per heavy atom. The number of allylic oxidation sites excluding steroid dienone is 1. The van der Waals surface area contributed by atoms with Gasteiger partial charge >= 0.3 is 5.97 Å². The Morgan fingerprint density at radius 2 is 1.77 bits per heavy atom. The molecule has 0 aromatic heterocycles. The minimum Gasteiger partial charge on any atom is -0.466 e. The summed E-state index contributed by atoms with van der Waals surface area (Å²) >= 11 is 0. The topological polar surface area (TPSA) is 46.6 Å². The molecule has 0 aromatic rings. The number of hydrogen-bond donors (Lipinski definition) is 0. The summed E-state index contributed by atoms with van der Waals surface area (Å²) in [5.41, 5.74) is 0. The Kier molecular flexibility index (Phi) is 9.60. The molecule has 0 unspecified atom stereocenters. The molecule has 0 atom stereocenters. The zero-order valence-corrected chi connectivity index (χ0v) is 14.2. The first-order valence-corrected chi connectivity index (χ1v) is 8.81. The number of piperidine rings is 1. The fourth-order valence-electron chi connectivity index (χ4n) is 2.75. The van der Waals surface area contributed by atoms with Crippen LogP contribution in [0.5, 0.6) is 0 Å². The maximum Gasteiger partial charge on any atom is 0.309 e. The Bertz CT molecular complexity index is 357. The van der Waals surface area contributed by atoms with E-state index < -0.39 is 0 Å². The van der Waals surface area contributed by atoms with Gasteiger partial charge in [0, 0.05) is 13.1 Å². The second kappa shape index (κ2) is 11.3. The molecule has 0 aliphatic carbocycles. The smallest absolute Gasteiger partial charge is 0.309 e. The summed E-state index contributed by atoms with van der Waals surface area (Å²) in [6.45, 7) is 5.78. The van der Waals surface area contributed by atoms with Gasteiger partial charge in [-0.25, -0.2) is 0 Å². The molecule has 1 fully saturated rings. The number of unbranched alkanes of at least 4 members (excludes halogenated alkanes) is 5. The highest BCUT2D eigenvalue weighted by atomic mass is 16.5. The lowest BCUT2D eigenvalue weighted by Crippen LogP contribution is -2.39. The Morgan fingerprint density at radius 1 is 1.09 bits per heavy atom. The Labute approximate surface area is 134 Å². The van der Waals surface area contributed by atoms with Crippen LogP contribution in [0.4, 0.5) is 0 Å². The van der Waals surface area contributed by atoms with E-state index in [0.717, 1.165) is 25.7 Å². The summed E-state index contributed by atoms with van der Waals surface area (Å²) in [4.78, 5) is 25.5. The predicted octanol–water partition coefficient (Wildman–Crippen LogP) is 3.70. The summed E-state index contributed by atoms with van der Waals surface area (Å²) in [7, 11) is 0. The average molecular weight is 309 g/mol. The lowest BCUT2D eigenvalue weighted by molar-refractivity contribution is -0.150. The number of rotatable bonds is 9. The summed E-state index contributed by atoms with van der Waals surface area (Å²) in [5.74, 6) is -0.0698. The molecule has 22 heavy (non-hydrogen) atoms. The molecule has 0 spiro atoms. The van der Waals surface area contributed by atoms with E-state index in [1.165, 1.54) is 25.7 Å². The molecule has 1 rings (SSSR count). The van der Waals surface area contributed by atoms with Crippen molar-refractivity contribution in [2.45, 2.75) is 65.2 Å². The van der Waals surface area contributed by atoms with E-state index in [4.69, 9.17) is 4.74 Å². The van der Waals surface area contributed by atoms with Crippen LogP contribution in [-0.4, -0.2) is 36.5 Å². The van der Waals surface area contributed by atoms with Crippen LogP contribution in [-0.2, 0) is 14.3 Å². The van der Waals surface area contributed by atoms with Crippen LogP contribution in [0.1, 0.15) is 65.2 Å². The molecule has 1 saturated heterocycles. The van der Waals surface area contributed by atoms with Crippen molar-refractivity contribution in [3.63, 3.8) is 0 Å². The Hall–Kier alpha value is -1.32. The minimum atomic E-state index is -0.114. The molecule has 4 heteroatoms. The van der Waals surface area contributed by atoms with Gasteiger partial charge in [0.2, 0.25) is 5.91 Å². The van der Waals surface area contributed by atoms with Crippen LogP contribution in [0.3, 0.4) is 0 Å². The molecule has 0 aromatic carbocycles. The van der Waals surface area contributed by atoms with Gasteiger partial charge in [-0.2, -0.15) is 0 Å². The summed E-state index contributed by atoms with van der Waals surface area (Å²) in [6.07, 6.45) is 12.4. The average Bonchev–Trinajstić information content (AvgIpc) is 2.54. The molecule has 1 heterocycles. The van der Waals surface area contributed by atoms with Crippen LogP contribution in [0.15, 0.2) is 12.2 Å². The molecular formula is C18H31NO3. The van der Waals surface area contributed by atoms with Crippen molar-refractivity contribution >= 4 is 11.9 Å². The van der Waals surface area contributed by atoms with Crippen molar-refractivity contribution in [3.8, 4) is 0 Å². The predicted molar refractivity (Wildman–Crippen MR) is 88.5 cm³/mol. The first-order valence-electron chi connectivity index (χ1n) is 8.81. The van der Waals surface area contributed by atoms with E-state index in [0.29, 0.717) is 19.7 Å². The van der Waals surface area contributed by atoms with Crippen molar-refractivity contribution in [2.24, 2.45) is 5.92 Å². The zero-order valence-electron chi connectivity index (χ0n) is 14.2. The van der Waals surface area contributed by atoms with E-state index in [9.17, 15) is 9.59 Å². The number of amides is 1. The normalized spacial score (nSPS) is 16.2. The van der Waals surface area contributed by atoms with E-state index in [1.807, 2.05) is 17.9 Å². The molecule has 4 nitrogen and oxygen atoms in total. The molecular weight excluding hydrogens is 278 g/mol. The van der Waals surface area contributed by atoms with Crippen LogP contribution < -0.4 is 0 Å². The Balaban J connectivity index is 2.18. The molecule has 0 N–H and O–H groups in total. The summed E-state index contributed by atoms with van der Waals surface area (Å²) < 4.78 is 5.04. The van der Waals surface area contributed by atoms with E-state index in [-0.39, 0.29) is 17.8 Å². The number of hydrogen-bond acceptors (Lipinski definition) is 3. The first kappa shape index (κ1) is 18.7. The largest absolute Gasteiger partial charge is 0.466 e. The molecule has 126 valence electrons. The maximum absolute atomic E-state index is 12.1. The van der Waals surface area contributed by atoms with Crippen molar-refractivity contribution in [2.75, 3.05) is 19.7 Å². The fourth-order valence-corrected chi connectivity index (χ4v) is 2.75.